The van der Waals surface area contributed by atoms with E-state index < -0.39 is 9.04 Å². The van der Waals surface area contributed by atoms with E-state index in [4.69, 9.17) is 9.16 Å². The molecule has 0 saturated heterocycles. The van der Waals surface area contributed by atoms with Gasteiger partial charge in [-0.15, -0.1) is 6.58 Å². The molecule has 3 heteroatoms. The number of methoxy groups -OCH3 is 1. The van der Waals surface area contributed by atoms with Crippen molar-refractivity contribution in [3.63, 3.8) is 0 Å². The topological polar surface area (TPSA) is 18.5 Å². The van der Waals surface area contributed by atoms with Gasteiger partial charge in [-0.2, -0.15) is 0 Å². The molecule has 0 spiro atoms. The highest BCUT2D eigenvalue weighted by molar-refractivity contribution is 6.80. The molecule has 125 valence electrons. The molecule has 2 nitrogen and oxygen atoms in total. The van der Waals surface area contributed by atoms with E-state index in [1.165, 1.54) is 10.4 Å². The first-order valence-corrected chi connectivity index (χ1v) is 9.66. The van der Waals surface area contributed by atoms with E-state index in [1.807, 2.05) is 30.3 Å². The monoisotopic (exact) mass is 345 g/mol. The lowest BCUT2D eigenvalue weighted by atomic mass is 10.1. The van der Waals surface area contributed by atoms with Gasteiger partial charge < -0.3 is 9.16 Å². The first-order chi connectivity index (χ1) is 12.3. The van der Waals surface area contributed by atoms with Gasteiger partial charge in [0, 0.05) is 0 Å². The first kappa shape index (κ1) is 17.1. The summed E-state index contributed by atoms with van der Waals surface area (Å²) in [6, 6.07) is 26.8. The fourth-order valence-electron chi connectivity index (χ4n) is 2.66. The maximum Gasteiger partial charge on any atom is 0.352 e. The van der Waals surface area contributed by atoms with Gasteiger partial charge in [-0.25, -0.2) is 0 Å². The Bertz CT molecular complexity index is 776. The van der Waals surface area contributed by atoms with Gasteiger partial charge in [0.2, 0.25) is 0 Å². The van der Waals surface area contributed by atoms with Crippen LogP contribution < -0.4 is 19.5 Å². The molecule has 0 amide bonds. The molecule has 0 aromatic heterocycles. The van der Waals surface area contributed by atoms with E-state index in [1.54, 1.807) is 7.11 Å². The Morgan fingerprint density at radius 2 is 1.44 bits per heavy atom. The number of allylic oxidation sites excluding steroid dienone is 1. The van der Waals surface area contributed by atoms with Gasteiger partial charge in [0.15, 0.2) is 5.75 Å². The van der Waals surface area contributed by atoms with E-state index in [2.05, 4.69) is 61.2 Å². The Labute approximate surface area is 151 Å². The lowest BCUT2D eigenvalue weighted by Crippen LogP contribution is -2.47. The smallest absolute Gasteiger partial charge is 0.352 e. The van der Waals surface area contributed by atoms with Crippen LogP contribution in [0, 0.1) is 0 Å². The summed E-state index contributed by atoms with van der Waals surface area (Å²) in [6.45, 7) is 3.79. The second-order valence-corrected chi connectivity index (χ2v) is 7.66. The highest BCUT2D eigenvalue weighted by Crippen LogP contribution is 2.28. The van der Waals surface area contributed by atoms with Crippen LogP contribution in [0.25, 0.3) is 0 Å². The number of hydrogen-bond donors (Lipinski definition) is 0. The van der Waals surface area contributed by atoms with E-state index in [0.29, 0.717) is 0 Å². The molecule has 3 aromatic carbocycles. The molecule has 0 unspecified atom stereocenters. The summed E-state index contributed by atoms with van der Waals surface area (Å²) >= 11 is 0. The Hall–Kier alpha value is -2.78. The lowest BCUT2D eigenvalue weighted by molar-refractivity contribution is 0.395. The molecular weight excluding hydrogens is 324 g/mol. The maximum atomic E-state index is 6.49. The molecule has 0 atom stereocenters. The summed E-state index contributed by atoms with van der Waals surface area (Å²) in [5, 5.41) is 2.41. The summed E-state index contributed by atoms with van der Waals surface area (Å²) in [7, 11) is 0.269. The molecule has 0 aliphatic heterocycles. The SMILES string of the molecule is C=CCc1ccc(O[Si](c2ccccc2)c2ccccc2)c(OC)c1. The van der Waals surface area contributed by atoms with Gasteiger partial charge in [-0.3, -0.25) is 0 Å². The fourth-order valence-corrected chi connectivity index (χ4v) is 4.61. The molecule has 3 aromatic rings. The molecule has 0 fully saturated rings. The number of hydrogen-bond acceptors (Lipinski definition) is 2. The Balaban J connectivity index is 1.97. The van der Waals surface area contributed by atoms with Gasteiger partial charge in [0.25, 0.3) is 0 Å². The van der Waals surface area contributed by atoms with Crippen molar-refractivity contribution in [1.29, 1.82) is 0 Å². The summed E-state index contributed by atoms with van der Waals surface area (Å²) in [5.74, 6) is 1.53. The van der Waals surface area contributed by atoms with Gasteiger partial charge in [0.05, 0.1) is 7.11 Å². The fraction of sp³-hybridized carbons (Fsp3) is 0.0909. The van der Waals surface area contributed by atoms with Crippen LogP contribution in [0.3, 0.4) is 0 Å². The lowest BCUT2D eigenvalue weighted by Gasteiger charge is -2.19. The molecule has 1 radical (unpaired) electrons. The normalized spacial score (nSPS) is 10.5. The summed E-state index contributed by atoms with van der Waals surface area (Å²) in [5.41, 5.74) is 1.16. The molecule has 25 heavy (non-hydrogen) atoms. The van der Waals surface area contributed by atoms with Gasteiger partial charge in [0.1, 0.15) is 5.75 Å². The van der Waals surface area contributed by atoms with Crippen LogP contribution in [-0.4, -0.2) is 16.2 Å². The van der Waals surface area contributed by atoms with Crippen LogP contribution in [0.5, 0.6) is 11.5 Å². The van der Waals surface area contributed by atoms with Crippen LogP contribution in [0.1, 0.15) is 5.56 Å². The van der Waals surface area contributed by atoms with E-state index >= 15 is 0 Å². The van der Waals surface area contributed by atoms with Crippen LogP contribution in [-0.2, 0) is 6.42 Å². The number of ether oxygens (including phenoxy) is 1. The standard InChI is InChI=1S/C22H21O2Si/c1-3-10-18-15-16-21(22(17-18)23-2)24-25(19-11-6-4-7-12-19)20-13-8-5-9-14-20/h3-9,11-17H,1,10H2,2H3. The highest BCUT2D eigenvalue weighted by atomic mass is 28.3. The van der Waals surface area contributed by atoms with Gasteiger partial charge >= 0.3 is 9.04 Å². The van der Waals surface area contributed by atoms with Crippen molar-refractivity contribution in [2.45, 2.75) is 6.42 Å². The zero-order chi connectivity index (χ0) is 17.5. The van der Waals surface area contributed by atoms with Crippen molar-refractivity contribution in [3.05, 3.63) is 97.1 Å². The summed E-state index contributed by atoms with van der Waals surface area (Å²) < 4.78 is 12.1. The average Bonchev–Trinajstić information content (AvgIpc) is 2.68. The second kappa shape index (κ2) is 8.35. The van der Waals surface area contributed by atoms with Crippen molar-refractivity contribution in [3.8, 4) is 11.5 Å². The zero-order valence-electron chi connectivity index (χ0n) is 14.3. The Morgan fingerprint density at radius 1 is 0.840 bits per heavy atom. The minimum absolute atomic E-state index is 0.758. The van der Waals surface area contributed by atoms with Crippen molar-refractivity contribution in [2.75, 3.05) is 7.11 Å². The minimum atomic E-state index is -1.41. The zero-order valence-corrected chi connectivity index (χ0v) is 15.3. The van der Waals surface area contributed by atoms with Crippen molar-refractivity contribution >= 4 is 19.4 Å². The first-order valence-electron chi connectivity index (χ1n) is 8.25. The third-order valence-electron chi connectivity index (χ3n) is 3.89. The average molecular weight is 345 g/mol. The van der Waals surface area contributed by atoms with Crippen LogP contribution in [0.2, 0.25) is 0 Å². The predicted octanol–water partition coefficient (Wildman–Crippen LogP) is 3.61. The quantitative estimate of drug-likeness (QED) is 0.481. The summed E-state index contributed by atoms with van der Waals surface area (Å²) in [6.07, 6.45) is 2.70. The second-order valence-electron chi connectivity index (χ2n) is 5.64. The molecule has 0 N–H and O–H groups in total. The Morgan fingerprint density at radius 3 is 1.96 bits per heavy atom. The van der Waals surface area contributed by atoms with E-state index in [0.717, 1.165) is 23.5 Å². The molecule has 0 heterocycles. The van der Waals surface area contributed by atoms with Crippen LogP contribution in [0.4, 0.5) is 0 Å². The minimum Gasteiger partial charge on any atom is -0.530 e. The van der Waals surface area contributed by atoms with Gasteiger partial charge in [-0.1, -0.05) is 72.8 Å². The van der Waals surface area contributed by atoms with E-state index in [-0.39, 0.29) is 0 Å². The third-order valence-corrected chi connectivity index (χ3v) is 6.03. The molecule has 3 rings (SSSR count). The van der Waals surface area contributed by atoms with Crippen molar-refractivity contribution < 1.29 is 9.16 Å². The van der Waals surface area contributed by atoms with Gasteiger partial charge in [-0.05, 0) is 34.5 Å². The molecule has 0 aliphatic rings. The number of benzene rings is 3. The third kappa shape index (κ3) is 4.20. The summed E-state index contributed by atoms with van der Waals surface area (Å²) in [4.78, 5) is 0. The van der Waals surface area contributed by atoms with Crippen molar-refractivity contribution in [1.82, 2.24) is 0 Å². The van der Waals surface area contributed by atoms with Crippen molar-refractivity contribution in [2.24, 2.45) is 0 Å². The molecule has 0 bridgehead atoms. The largest absolute Gasteiger partial charge is 0.530 e. The molecule has 0 aliphatic carbocycles. The predicted molar refractivity (Wildman–Crippen MR) is 105 cm³/mol. The van der Waals surface area contributed by atoms with E-state index in [9.17, 15) is 0 Å². The highest BCUT2D eigenvalue weighted by Gasteiger charge is 2.22. The Kier molecular flexibility index (Phi) is 5.70. The maximum absolute atomic E-state index is 6.49. The number of rotatable bonds is 7. The molecular formula is C22H21O2Si. The van der Waals surface area contributed by atoms with Crippen LogP contribution in [0.15, 0.2) is 91.5 Å². The molecule has 0 saturated carbocycles. The van der Waals surface area contributed by atoms with Crippen LogP contribution >= 0.6 is 0 Å².